The lowest BCUT2D eigenvalue weighted by Crippen LogP contribution is -2.33. The van der Waals surface area contributed by atoms with E-state index in [1.807, 2.05) is 43.3 Å². The minimum atomic E-state index is -0.105. The summed E-state index contributed by atoms with van der Waals surface area (Å²) in [5.41, 5.74) is 4.14. The molecular weight excluding hydrogens is 340 g/mol. The standard InChI is InChI=1S/C21H24N4O2/c1-15-5-6-19-17(12-15)18(21(26)24-9-8-22-10-11-27-2)13-20(25-19)16-4-3-7-23-14-16/h3-7,12-14,22H,8-11H2,1-2H3,(H,24,26). The minimum Gasteiger partial charge on any atom is -0.383 e. The third-order valence-electron chi connectivity index (χ3n) is 4.24. The van der Waals surface area contributed by atoms with Gasteiger partial charge >= 0.3 is 0 Å². The fourth-order valence-corrected chi connectivity index (χ4v) is 2.85. The Morgan fingerprint density at radius 2 is 2.04 bits per heavy atom. The number of hydrogen-bond donors (Lipinski definition) is 2. The van der Waals surface area contributed by atoms with Gasteiger partial charge in [-0.05, 0) is 37.3 Å². The maximum atomic E-state index is 12.8. The fraction of sp³-hybridized carbons (Fsp3) is 0.286. The van der Waals surface area contributed by atoms with Crippen molar-refractivity contribution in [1.29, 1.82) is 0 Å². The molecule has 0 radical (unpaired) electrons. The molecule has 3 aromatic rings. The van der Waals surface area contributed by atoms with Crippen LogP contribution in [0.2, 0.25) is 0 Å². The highest BCUT2D eigenvalue weighted by Crippen LogP contribution is 2.25. The Kier molecular flexibility index (Phi) is 6.46. The number of carbonyl (C=O) groups is 1. The Labute approximate surface area is 159 Å². The van der Waals surface area contributed by atoms with Crippen molar-refractivity contribution < 1.29 is 9.53 Å². The first-order chi connectivity index (χ1) is 13.2. The molecule has 0 aliphatic heterocycles. The molecule has 0 unspecified atom stereocenters. The number of pyridine rings is 2. The third-order valence-corrected chi connectivity index (χ3v) is 4.24. The zero-order chi connectivity index (χ0) is 19.1. The van der Waals surface area contributed by atoms with Gasteiger partial charge in [0.2, 0.25) is 0 Å². The Hall–Kier alpha value is -2.83. The summed E-state index contributed by atoms with van der Waals surface area (Å²) in [7, 11) is 1.67. The van der Waals surface area contributed by atoms with Crippen LogP contribution in [0.4, 0.5) is 0 Å². The van der Waals surface area contributed by atoms with Crippen LogP contribution in [0.25, 0.3) is 22.2 Å². The Balaban J connectivity index is 1.85. The zero-order valence-electron chi connectivity index (χ0n) is 15.7. The number of rotatable bonds is 8. The maximum Gasteiger partial charge on any atom is 0.252 e. The molecule has 1 aromatic carbocycles. The lowest BCUT2D eigenvalue weighted by atomic mass is 10.0. The molecule has 2 heterocycles. The SMILES string of the molecule is COCCNCCNC(=O)c1cc(-c2cccnc2)nc2ccc(C)cc12. The van der Waals surface area contributed by atoms with Crippen molar-refractivity contribution in [2.45, 2.75) is 6.92 Å². The number of benzene rings is 1. The van der Waals surface area contributed by atoms with Gasteiger partial charge in [-0.3, -0.25) is 9.78 Å². The summed E-state index contributed by atoms with van der Waals surface area (Å²) >= 11 is 0. The molecule has 1 amide bonds. The van der Waals surface area contributed by atoms with Crippen LogP contribution in [-0.2, 0) is 4.74 Å². The van der Waals surface area contributed by atoms with Crippen molar-refractivity contribution in [2.75, 3.05) is 33.4 Å². The van der Waals surface area contributed by atoms with Gasteiger partial charge in [0.25, 0.3) is 5.91 Å². The molecule has 0 saturated carbocycles. The number of amides is 1. The number of aryl methyl sites for hydroxylation is 1. The molecule has 0 aliphatic carbocycles. The average Bonchev–Trinajstić information content (AvgIpc) is 2.70. The van der Waals surface area contributed by atoms with Crippen molar-refractivity contribution >= 4 is 16.8 Å². The van der Waals surface area contributed by atoms with Crippen LogP contribution >= 0.6 is 0 Å². The van der Waals surface area contributed by atoms with Crippen LogP contribution in [0, 0.1) is 6.92 Å². The molecule has 2 N–H and O–H groups in total. The van der Waals surface area contributed by atoms with Crippen molar-refractivity contribution in [1.82, 2.24) is 20.6 Å². The molecule has 0 aliphatic rings. The predicted molar refractivity (Wildman–Crippen MR) is 107 cm³/mol. The first-order valence-corrected chi connectivity index (χ1v) is 8.98. The summed E-state index contributed by atoms with van der Waals surface area (Å²) in [6.45, 7) is 4.65. The molecule has 0 bridgehead atoms. The summed E-state index contributed by atoms with van der Waals surface area (Å²) in [6, 6.07) is 11.6. The number of hydrogen-bond acceptors (Lipinski definition) is 5. The van der Waals surface area contributed by atoms with E-state index in [9.17, 15) is 4.79 Å². The second-order valence-electron chi connectivity index (χ2n) is 6.32. The normalized spacial score (nSPS) is 10.9. The van der Waals surface area contributed by atoms with Gasteiger partial charge < -0.3 is 15.4 Å². The number of ether oxygens (including phenoxy) is 1. The van der Waals surface area contributed by atoms with Gasteiger partial charge in [0.1, 0.15) is 0 Å². The summed E-state index contributed by atoms with van der Waals surface area (Å²) in [6.07, 6.45) is 3.47. The highest BCUT2D eigenvalue weighted by molar-refractivity contribution is 6.07. The van der Waals surface area contributed by atoms with Crippen LogP contribution in [0.3, 0.4) is 0 Å². The second kappa shape index (κ2) is 9.21. The van der Waals surface area contributed by atoms with E-state index in [1.165, 1.54) is 0 Å². The summed E-state index contributed by atoms with van der Waals surface area (Å²) < 4.78 is 4.99. The summed E-state index contributed by atoms with van der Waals surface area (Å²) in [4.78, 5) is 21.7. The van der Waals surface area contributed by atoms with E-state index in [0.717, 1.165) is 34.3 Å². The van der Waals surface area contributed by atoms with E-state index in [2.05, 4.69) is 15.6 Å². The first kappa shape index (κ1) is 18.9. The number of fused-ring (bicyclic) bond motifs is 1. The van der Waals surface area contributed by atoms with Gasteiger partial charge in [0, 0.05) is 50.1 Å². The molecule has 0 atom stereocenters. The average molecular weight is 364 g/mol. The largest absolute Gasteiger partial charge is 0.383 e. The summed E-state index contributed by atoms with van der Waals surface area (Å²) in [5, 5.41) is 7.05. The molecule has 0 spiro atoms. The van der Waals surface area contributed by atoms with E-state index < -0.39 is 0 Å². The van der Waals surface area contributed by atoms with Crippen LogP contribution in [-0.4, -0.2) is 49.2 Å². The van der Waals surface area contributed by atoms with Crippen LogP contribution in [0.1, 0.15) is 15.9 Å². The van der Waals surface area contributed by atoms with E-state index in [1.54, 1.807) is 19.5 Å². The van der Waals surface area contributed by atoms with Crippen LogP contribution in [0.15, 0.2) is 48.8 Å². The maximum absolute atomic E-state index is 12.8. The van der Waals surface area contributed by atoms with Gasteiger partial charge in [0.05, 0.1) is 23.4 Å². The van der Waals surface area contributed by atoms with E-state index in [4.69, 9.17) is 9.72 Å². The number of nitrogens with zero attached hydrogens (tertiary/aromatic N) is 2. The lowest BCUT2D eigenvalue weighted by Gasteiger charge is -2.11. The topological polar surface area (TPSA) is 76.1 Å². The third kappa shape index (κ3) is 4.87. The molecule has 3 rings (SSSR count). The van der Waals surface area contributed by atoms with Crippen molar-refractivity contribution in [3.8, 4) is 11.3 Å². The molecule has 2 aromatic heterocycles. The molecular formula is C21H24N4O2. The van der Waals surface area contributed by atoms with Gasteiger partial charge in [0.15, 0.2) is 0 Å². The molecule has 6 heteroatoms. The van der Waals surface area contributed by atoms with E-state index in [-0.39, 0.29) is 5.91 Å². The Bertz CT molecular complexity index is 913. The number of methoxy groups -OCH3 is 1. The molecule has 0 saturated heterocycles. The van der Waals surface area contributed by atoms with Crippen molar-refractivity contribution in [3.63, 3.8) is 0 Å². The predicted octanol–water partition coefficient (Wildman–Crippen LogP) is 2.57. The number of aromatic nitrogens is 2. The van der Waals surface area contributed by atoms with E-state index >= 15 is 0 Å². The van der Waals surface area contributed by atoms with Crippen LogP contribution in [0.5, 0.6) is 0 Å². The molecule has 0 fully saturated rings. The van der Waals surface area contributed by atoms with Crippen LogP contribution < -0.4 is 10.6 Å². The first-order valence-electron chi connectivity index (χ1n) is 8.98. The lowest BCUT2D eigenvalue weighted by molar-refractivity contribution is 0.0955. The van der Waals surface area contributed by atoms with Gasteiger partial charge in [-0.25, -0.2) is 4.98 Å². The molecule has 27 heavy (non-hydrogen) atoms. The zero-order valence-corrected chi connectivity index (χ0v) is 15.7. The second-order valence-corrected chi connectivity index (χ2v) is 6.32. The highest BCUT2D eigenvalue weighted by Gasteiger charge is 2.14. The fourth-order valence-electron chi connectivity index (χ4n) is 2.85. The molecule has 140 valence electrons. The van der Waals surface area contributed by atoms with Crippen molar-refractivity contribution in [3.05, 3.63) is 59.9 Å². The summed E-state index contributed by atoms with van der Waals surface area (Å²) in [5.74, 6) is -0.105. The van der Waals surface area contributed by atoms with Gasteiger partial charge in [-0.15, -0.1) is 0 Å². The Morgan fingerprint density at radius 1 is 1.15 bits per heavy atom. The monoisotopic (exact) mass is 364 g/mol. The minimum absolute atomic E-state index is 0.105. The number of carbonyl (C=O) groups excluding carboxylic acids is 1. The smallest absolute Gasteiger partial charge is 0.252 e. The van der Waals surface area contributed by atoms with Gasteiger partial charge in [-0.2, -0.15) is 0 Å². The highest BCUT2D eigenvalue weighted by atomic mass is 16.5. The van der Waals surface area contributed by atoms with Gasteiger partial charge in [-0.1, -0.05) is 11.6 Å². The van der Waals surface area contributed by atoms with E-state index in [0.29, 0.717) is 25.3 Å². The quantitative estimate of drug-likeness (QED) is 0.601. The number of nitrogens with one attached hydrogen (secondary N) is 2. The molecule has 6 nitrogen and oxygen atoms in total. The Morgan fingerprint density at radius 3 is 2.81 bits per heavy atom. The van der Waals surface area contributed by atoms with Crippen molar-refractivity contribution in [2.24, 2.45) is 0 Å².